The van der Waals surface area contributed by atoms with Gasteiger partial charge in [-0.25, -0.2) is 4.98 Å². The molecule has 0 saturated heterocycles. The third-order valence-electron chi connectivity index (χ3n) is 2.06. The van der Waals surface area contributed by atoms with Crippen molar-refractivity contribution in [1.29, 1.82) is 0 Å². The molecule has 0 radical (unpaired) electrons. The highest BCUT2D eigenvalue weighted by Gasteiger charge is 2.29. The third-order valence-corrected chi connectivity index (χ3v) is 3.43. The van der Waals surface area contributed by atoms with Gasteiger partial charge in [0.1, 0.15) is 5.69 Å². The fourth-order valence-electron chi connectivity index (χ4n) is 1.18. The van der Waals surface area contributed by atoms with Crippen LogP contribution in [0.3, 0.4) is 0 Å². The molecule has 0 spiro atoms. The highest BCUT2D eigenvalue weighted by atomic mass is 79.9. The summed E-state index contributed by atoms with van der Waals surface area (Å²) in [6, 6.07) is 0. The van der Waals surface area contributed by atoms with E-state index >= 15 is 0 Å². The van der Waals surface area contributed by atoms with Gasteiger partial charge in [0.15, 0.2) is 3.92 Å². The molecule has 0 bridgehead atoms. The number of hydrogen-bond acceptors (Lipinski definition) is 5. The average Bonchev–Trinajstić information content (AvgIpc) is 2.76. The van der Waals surface area contributed by atoms with Crippen molar-refractivity contribution in [3.05, 3.63) is 15.2 Å². The molecule has 0 unspecified atom stereocenters. The van der Waals surface area contributed by atoms with E-state index in [2.05, 4.69) is 31.1 Å². The Bertz CT molecular complexity index is 463. The number of nitrogens with zero attached hydrogens (tertiary/aromatic N) is 3. The molecule has 0 N–H and O–H groups in total. The number of aromatic nitrogens is 3. The van der Waals surface area contributed by atoms with Gasteiger partial charge in [-0.2, -0.15) is 0 Å². The van der Waals surface area contributed by atoms with E-state index in [-0.39, 0.29) is 0 Å². The second-order valence-electron chi connectivity index (χ2n) is 3.21. The standard InChI is InChI=1S/C8H6BrN3OS/c9-8-10-5(3-14-8)7-12-11-6(13-7)4-1-2-4/h3-4H,1-2H2. The van der Waals surface area contributed by atoms with Crippen LogP contribution in [0.2, 0.25) is 0 Å². The van der Waals surface area contributed by atoms with Crippen LogP contribution in [0.15, 0.2) is 13.7 Å². The van der Waals surface area contributed by atoms with Crippen LogP contribution in [-0.2, 0) is 0 Å². The second kappa shape index (κ2) is 3.13. The summed E-state index contributed by atoms with van der Waals surface area (Å²) < 4.78 is 6.34. The summed E-state index contributed by atoms with van der Waals surface area (Å²) in [6.45, 7) is 0. The van der Waals surface area contributed by atoms with Crippen LogP contribution in [-0.4, -0.2) is 15.2 Å². The summed E-state index contributed by atoms with van der Waals surface area (Å²) >= 11 is 4.81. The zero-order valence-electron chi connectivity index (χ0n) is 7.11. The second-order valence-corrected chi connectivity index (χ2v) is 5.34. The van der Waals surface area contributed by atoms with E-state index < -0.39 is 0 Å². The normalized spacial score (nSPS) is 16.1. The lowest BCUT2D eigenvalue weighted by Crippen LogP contribution is -1.76. The Labute approximate surface area is 92.5 Å². The lowest BCUT2D eigenvalue weighted by molar-refractivity contribution is 0.507. The van der Waals surface area contributed by atoms with Crippen molar-refractivity contribution in [3.8, 4) is 11.6 Å². The molecule has 0 aromatic carbocycles. The van der Waals surface area contributed by atoms with Gasteiger partial charge in [0.2, 0.25) is 5.89 Å². The van der Waals surface area contributed by atoms with Gasteiger partial charge >= 0.3 is 0 Å². The molecule has 1 aliphatic carbocycles. The fraction of sp³-hybridized carbons (Fsp3) is 0.375. The predicted molar refractivity (Wildman–Crippen MR) is 55.1 cm³/mol. The summed E-state index contributed by atoms with van der Waals surface area (Å²) in [7, 11) is 0. The van der Waals surface area contributed by atoms with E-state index in [1.165, 1.54) is 24.2 Å². The Kier molecular flexibility index (Phi) is 1.91. The van der Waals surface area contributed by atoms with Gasteiger partial charge in [0.25, 0.3) is 5.89 Å². The molecular weight excluding hydrogens is 266 g/mol. The van der Waals surface area contributed by atoms with E-state index in [0.29, 0.717) is 11.8 Å². The number of thiazole rings is 1. The van der Waals surface area contributed by atoms with Crippen LogP contribution in [0.25, 0.3) is 11.6 Å². The molecule has 72 valence electrons. The predicted octanol–water partition coefficient (Wildman–Crippen LogP) is 2.83. The first-order valence-electron chi connectivity index (χ1n) is 4.28. The van der Waals surface area contributed by atoms with E-state index in [4.69, 9.17) is 4.42 Å². The van der Waals surface area contributed by atoms with Crippen molar-refractivity contribution < 1.29 is 4.42 Å². The largest absolute Gasteiger partial charge is 0.419 e. The van der Waals surface area contributed by atoms with Gasteiger partial charge in [-0.05, 0) is 28.8 Å². The molecule has 2 aromatic rings. The number of hydrogen-bond donors (Lipinski definition) is 0. The summed E-state index contributed by atoms with van der Waals surface area (Å²) in [6.07, 6.45) is 2.34. The molecule has 1 aliphatic rings. The molecule has 0 atom stereocenters. The van der Waals surface area contributed by atoms with Crippen LogP contribution in [0.1, 0.15) is 24.7 Å². The maximum absolute atomic E-state index is 5.51. The Balaban J connectivity index is 1.95. The molecule has 0 amide bonds. The van der Waals surface area contributed by atoms with Crippen molar-refractivity contribution in [2.75, 3.05) is 0 Å². The van der Waals surface area contributed by atoms with Crippen LogP contribution >= 0.6 is 27.3 Å². The van der Waals surface area contributed by atoms with Gasteiger partial charge in [0, 0.05) is 11.3 Å². The zero-order valence-corrected chi connectivity index (χ0v) is 9.51. The Morgan fingerprint density at radius 1 is 1.43 bits per heavy atom. The molecular formula is C8H6BrN3OS. The van der Waals surface area contributed by atoms with E-state index in [1.807, 2.05) is 5.38 Å². The SMILES string of the molecule is Brc1nc(-c2nnc(C3CC3)o2)cs1. The minimum Gasteiger partial charge on any atom is -0.419 e. The van der Waals surface area contributed by atoms with Crippen molar-refractivity contribution >= 4 is 27.3 Å². The number of halogens is 1. The fourth-order valence-corrected chi connectivity index (χ4v) is 2.17. The smallest absolute Gasteiger partial charge is 0.267 e. The van der Waals surface area contributed by atoms with Crippen molar-refractivity contribution in [2.45, 2.75) is 18.8 Å². The molecule has 2 heterocycles. The summed E-state index contributed by atoms with van der Waals surface area (Å²) in [5.74, 6) is 1.77. The van der Waals surface area contributed by atoms with Gasteiger partial charge in [-0.15, -0.1) is 21.5 Å². The Morgan fingerprint density at radius 2 is 2.29 bits per heavy atom. The van der Waals surface area contributed by atoms with Gasteiger partial charge in [-0.1, -0.05) is 0 Å². The lowest BCUT2D eigenvalue weighted by atomic mass is 10.4. The monoisotopic (exact) mass is 271 g/mol. The average molecular weight is 272 g/mol. The molecule has 0 aliphatic heterocycles. The van der Waals surface area contributed by atoms with E-state index in [9.17, 15) is 0 Å². The van der Waals surface area contributed by atoms with E-state index in [0.717, 1.165) is 15.5 Å². The van der Waals surface area contributed by atoms with Gasteiger partial charge in [0.05, 0.1) is 0 Å². The molecule has 2 aromatic heterocycles. The van der Waals surface area contributed by atoms with Crippen LogP contribution < -0.4 is 0 Å². The first-order chi connectivity index (χ1) is 6.83. The van der Waals surface area contributed by atoms with Crippen LogP contribution in [0.5, 0.6) is 0 Å². The third kappa shape index (κ3) is 1.48. The molecule has 14 heavy (non-hydrogen) atoms. The van der Waals surface area contributed by atoms with E-state index in [1.54, 1.807) is 0 Å². The number of rotatable bonds is 2. The molecule has 4 nitrogen and oxygen atoms in total. The Morgan fingerprint density at radius 3 is 2.93 bits per heavy atom. The van der Waals surface area contributed by atoms with Gasteiger partial charge in [-0.3, -0.25) is 0 Å². The summed E-state index contributed by atoms with van der Waals surface area (Å²) in [5.41, 5.74) is 0.751. The maximum Gasteiger partial charge on any atom is 0.267 e. The first-order valence-corrected chi connectivity index (χ1v) is 5.95. The molecule has 1 fully saturated rings. The lowest BCUT2D eigenvalue weighted by Gasteiger charge is -1.85. The summed E-state index contributed by atoms with van der Waals surface area (Å²) in [4.78, 5) is 4.21. The van der Waals surface area contributed by atoms with Gasteiger partial charge < -0.3 is 4.42 Å². The minimum absolute atomic E-state index is 0.498. The molecule has 1 saturated carbocycles. The Hall–Kier alpha value is -0.750. The quantitative estimate of drug-likeness (QED) is 0.843. The zero-order chi connectivity index (χ0) is 9.54. The van der Waals surface area contributed by atoms with Crippen molar-refractivity contribution in [1.82, 2.24) is 15.2 Å². The first kappa shape index (κ1) is 8.55. The van der Waals surface area contributed by atoms with Crippen molar-refractivity contribution in [2.24, 2.45) is 0 Å². The maximum atomic E-state index is 5.51. The molecule has 6 heteroatoms. The topological polar surface area (TPSA) is 51.8 Å². The van der Waals surface area contributed by atoms with Crippen LogP contribution in [0.4, 0.5) is 0 Å². The molecule has 3 rings (SSSR count). The highest BCUT2D eigenvalue weighted by Crippen LogP contribution is 2.40. The summed E-state index contributed by atoms with van der Waals surface area (Å²) in [5, 5.41) is 9.86. The van der Waals surface area contributed by atoms with Crippen LogP contribution in [0, 0.1) is 0 Å². The highest BCUT2D eigenvalue weighted by molar-refractivity contribution is 9.11. The van der Waals surface area contributed by atoms with Crippen molar-refractivity contribution in [3.63, 3.8) is 0 Å². The minimum atomic E-state index is 0.498.